The van der Waals surface area contributed by atoms with Gasteiger partial charge in [0, 0.05) is 12.6 Å². The zero-order valence-corrected chi connectivity index (χ0v) is 26.1. The molecular formula is C33H38N4O7S. The molecule has 0 saturated heterocycles. The summed E-state index contributed by atoms with van der Waals surface area (Å²) in [6.45, 7) is 3.18. The number of hydrogen-bond donors (Lipinski definition) is 4. The topological polar surface area (TPSA) is 151 Å². The van der Waals surface area contributed by atoms with Crippen molar-refractivity contribution in [2.75, 3.05) is 19.8 Å². The van der Waals surface area contributed by atoms with Crippen LogP contribution in [-0.4, -0.2) is 71.7 Å². The van der Waals surface area contributed by atoms with Gasteiger partial charge in [-0.2, -0.15) is 5.10 Å². The third kappa shape index (κ3) is 6.99. The van der Waals surface area contributed by atoms with Crippen LogP contribution in [-0.2, 0) is 10.0 Å². The zero-order valence-electron chi connectivity index (χ0n) is 25.3. The molecule has 0 radical (unpaired) electrons. The van der Waals surface area contributed by atoms with Gasteiger partial charge in [0.1, 0.15) is 18.1 Å². The van der Waals surface area contributed by atoms with Crippen molar-refractivity contribution in [1.29, 1.82) is 0 Å². The summed E-state index contributed by atoms with van der Waals surface area (Å²) in [7, 11) is -3.69. The Balaban J connectivity index is 0.975. The number of amides is 1. The molecule has 4 N–H and O–H groups in total. The molecule has 11 nitrogen and oxygen atoms in total. The Bertz CT molecular complexity index is 1780. The maximum atomic E-state index is 13.0. The van der Waals surface area contributed by atoms with Crippen molar-refractivity contribution in [3.8, 4) is 22.6 Å². The van der Waals surface area contributed by atoms with Crippen LogP contribution in [0.15, 0.2) is 78.0 Å². The van der Waals surface area contributed by atoms with Crippen LogP contribution in [0, 0.1) is 5.41 Å². The molecule has 2 heterocycles. The standard InChI is InChI=1S/C33H38N4O7S/c1-32(2,40)21-43-26-10-11-30-29(19-34-37(30)20-26)31(39)36-24-15-33(16-24)17-27(18-33)44-25-8-6-22(7-9-25)23-4-3-5-28(14-23)45(41,42)35-12-13-38/h3-11,14,19-20,24,27,35,38,40H,12-13,15-18,21H2,1-2H3,(H,36,39). The molecule has 2 aromatic heterocycles. The molecule has 238 valence electrons. The summed E-state index contributed by atoms with van der Waals surface area (Å²) in [4.78, 5) is 13.2. The summed E-state index contributed by atoms with van der Waals surface area (Å²) < 4.78 is 40.7. The molecule has 2 fully saturated rings. The molecule has 2 aromatic carbocycles. The summed E-state index contributed by atoms with van der Waals surface area (Å²) in [6, 6.07) is 18.0. The lowest BCUT2D eigenvalue weighted by molar-refractivity contribution is -0.0833. The number of benzene rings is 2. The van der Waals surface area contributed by atoms with Crippen LogP contribution < -0.4 is 19.5 Å². The van der Waals surface area contributed by atoms with Gasteiger partial charge in [-0.25, -0.2) is 17.7 Å². The maximum absolute atomic E-state index is 13.0. The monoisotopic (exact) mass is 634 g/mol. The average Bonchev–Trinajstić information content (AvgIpc) is 3.40. The minimum Gasteiger partial charge on any atom is -0.490 e. The van der Waals surface area contributed by atoms with Crippen LogP contribution in [0.5, 0.6) is 11.5 Å². The van der Waals surface area contributed by atoms with E-state index < -0.39 is 15.6 Å². The number of sulfonamides is 1. The molecule has 45 heavy (non-hydrogen) atoms. The second-order valence-electron chi connectivity index (χ2n) is 12.8. The number of nitrogens with zero attached hydrogens (tertiary/aromatic N) is 2. The van der Waals surface area contributed by atoms with Crippen LogP contribution in [0.25, 0.3) is 16.6 Å². The number of rotatable bonds is 12. The second-order valence-corrected chi connectivity index (χ2v) is 14.5. The Morgan fingerprint density at radius 3 is 2.49 bits per heavy atom. The van der Waals surface area contributed by atoms with Crippen molar-refractivity contribution in [3.63, 3.8) is 0 Å². The number of carbonyl (C=O) groups excluding carboxylic acids is 1. The fourth-order valence-corrected chi connectivity index (χ4v) is 7.25. The minimum atomic E-state index is -3.69. The third-order valence-electron chi connectivity index (χ3n) is 8.38. The Kier molecular flexibility index (Phi) is 8.33. The Labute approximate surface area is 262 Å². The van der Waals surface area contributed by atoms with E-state index in [1.165, 1.54) is 6.07 Å². The summed E-state index contributed by atoms with van der Waals surface area (Å²) >= 11 is 0. The fraction of sp³-hybridized carbons (Fsp3) is 0.394. The highest BCUT2D eigenvalue weighted by atomic mass is 32.2. The first-order valence-corrected chi connectivity index (χ1v) is 16.5. The van der Waals surface area contributed by atoms with Gasteiger partial charge in [0.15, 0.2) is 0 Å². The number of carbonyl (C=O) groups is 1. The van der Waals surface area contributed by atoms with Crippen LogP contribution in [0.3, 0.4) is 0 Å². The summed E-state index contributed by atoms with van der Waals surface area (Å²) in [5.41, 5.74) is 2.08. The summed E-state index contributed by atoms with van der Waals surface area (Å²) in [5.74, 6) is 1.18. The number of fused-ring (bicyclic) bond motifs is 1. The van der Waals surface area contributed by atoms with E-state index in [0.717, 1.165) is 42.6 Å². The molecule has 0 atom stereocenters. The average molecular weight is 635 g/mol. The quantitative estimate of drug-likeness (QED) is 0.185. The number of aliphatic hydroxyl groups is 2. The van der Waals surface area contributed by atoms with Gasteiger partial charge in [-0.15, -0.1) is 0 Å². The molecule has 4 aromatic rings. The first-order valence-electron chi connectivity index (χ1n) is 15.0. The molecule has 2 saturated carbocycles. The van der Waals surface area contributed by atoms with Gasteiger partial charge in [0.2, 0.25) is 10.0 Å². The minimum absolute atomic E-state index is 0.0383. The molecule has 2 aliphatic carbocycles. The normalized spacial score (nSPS) is 21.2. The Morgan fingerprint density at radius 2 is 1.78 bits per heavy atom. The first-order chi connectivity index (χ1) is 21.4. The number of nitrogens with one attached hydrogen (secondary N) is 2. The number of ether oxygens (including phenoxy) is 2. The predicted molar refractivity (Wildman–Crippen MR) is 168 cm³/mol. The predicted octanol–water partition coefficient (Wildman–Crippen LogP) is 3.54. The molecule has 1 spiro atoms. The van der Waals surface area contributed by atoms with Gasteiger partial charge in [-0.3, -0.25) is 4.79 Å². The highest BCUT2D eigenvalue weighted by Crippen LogP contribution is 2.56. The van der Waals surface area contributed by atoms with E-state index in [0.29, 0.717) is 16.8 Å². The molecule has 6 rings (SSSR count). The van der Waals surface area contributed by atoms with Crippen molar-refractivity contribution in [2.45, 2.75) is 62.2 Å². The van der Waals surface area contributed by atoms with Crippen molar-refractivity contribution >= 4 is 21.4 Å². The lowest BCUT2D eigenvalue weighted by Gasteiger charge is -2.57. The maximum Gasteiger partial charge on any atom is 0.255 e. The second kappa shape index (κ2) is 12.1. The number of pyridine rings is 1. The first kappa shape index (κ1) is 31.0. The number of hydrogen-bond acceptors (Lipinski definition) is 8. The van der Waals surface area contributed by atoms with E-state index in [9.17, 15) is 18.3 Å². The SMILES string of the molecule is CC(C)(O)COc1ccc2c(C(=O)NC3CC4(C3)CC(Oc3ccc(-c5cccc(S(=O)(=O)NCCO)c5)cc3)C4)cnn2c1. The molecule has 1 amide bonds. The van der Waals surface area contributed by atoms with Crippen molar-refractivity contribution in [3.05, 3.63) is 78.6 Å². The van der Waals surface area contributed by atoms with E-state index in [-0.39, 0.29) is 48.1 Å². The van der Waals surface area contributed by atoms with E-state index in [1.807, 2.05) is 30.3 Å². The summed E-state index contributed by atoms with van der Waals surface area (Å²) in [6.07, 6.45) is 7.08. The number of aromatic nitrogens is 2. The van der Waals surface area contributed by atoms with Gasteiger partial charge in [0.05, 0.1) is 46.7 Å². The van der Waals surface area contributed by atoms with Gasteiger partial charge >= 0.3 is 0 Å². The van der Waals surface area contributed by atoms with Gasteiger partial charge in [-0.1, -0.05) is 24.3 Å². The largest absolute Gasteiger partial charge is 0.490 e. The van der Waals surface area contributed by atoms with E-state index >= 15 is 0 Å². The third-order valence-corrected chi connectivity index (χ3v) is 9.84. The fourth-order valence-electron chi connectivity index (χ4n) is 6.18. The number of aliphatic hydroxyl groups excluding tert-OH is 1. The van der Waals surface area contributed by atoms with E-state index in [4.69, 9.17) is 14.6 Å². The molecule has 12 heteroatoms. The Morgan fingerprint density at radius 1 is 1.04 bits per heavy atom. The van der Waals surface area contributed by atoms with Crippen LogP contribution in [0.4, 0.5) is 0 Å². The Hall–Kier alpha value is -3.97. The van der Waals surface area contributed by atoms with E-state index in [2.05, 4.69) is 15.1 Å². The molecule has 0 aliphatic heterocycles. The van der Waals surface area contributed by atoms with Gasteiger partial charge in [-0.05, 0) is 92.5 Å². The van der Waals surface area contributed by atoms with Crippen molar-refractivity contribution in [2.24, 2.45) is 5.41 Å². The highest BCUT2D eigenvalue weighted by Gasteiger charge is 2.54. The smallest absolute Gasteiger partial charge is 0.255 e. The van der Waals surface area contributed by atoms with Gasteiger partial charge in [0.25, 0.3) is 5.91 Å². The van der Waals surface area contributed by atoms with Crippen LogP contribution >= 0.6 is 0 Å². The van der Waals surface area contributed by atoms with E-state index in [1.54, 1.807) is 55.0 Å². The molecule has 2 aliphatic rings. The van der Waals surface area contributed by atoms with Crippen LogP contribution in [0.1, 0.15) is 49.9 Å². The van der Waals surface area contributed by atoms with Crippen molar-refractivity contribution in [1.82, 2.24) is 19.7 Å². The summed E-state index contributed by atoms with van der Waals surface area (Å²) in [5, 5.41) is 26.3. The van der Waals surface area contributed by atoms with Gasteiger partial charge < -0.3 is 25.0 Å². The zero-order chi connectivity index (χ0) is 31.8. The van der Waals surface area contributed by atoms with Crippen molar-refractivity contribution < 1.29 is 32.9 Å². The lowest BCUT2D eigenvalue weighted by Crippen LogP contribution is -2.58. The van der Waals surface area contributed by atoms with Crippen LogP contribution in [0.2, 0.25) is 0 Å². The highest BCUT2D eigenvalue weighted by molar-refractivity contribution is 7.89. The molecule has 0 unspecified atom stereocenters. The lowest BCUT2D eigenvalue weighted by atomic mass is 9.53. The molecule has 0 bridgehead atoms. The molecular weight excluding hydrogens is 596 g/mol.